The summed E-state index contributed by atoms with van der Waals surface area (Å²) < 4.78 is 18.5. The normalized spacial score (nSPS) is 14.1. The van der Waals surface area contributed by atoms with Crippen LogP contribution in [-0.4, -0.2) is 24.3 Å². The van der Waals surface area contributed by atoms with Crippen LogP contribution in [0.15, 0.2) is 53.7 Å². The number of aromatic nitrogens is 5. The molecule has 2 aromatic carbocycles. The average Bonchev–Trinajstić information content (AvgIpc) is 3.36. The van der Waals surface area contributed by atoms with E-state index in [2.05, 4.69) is 25.4 Å². The van der Waals surface area contributed by atoms with Crippen molar-refractivity contribution < 1.29 is 4.39 Å². The SMILES string of the molecule is Cn1c(CSc2nnc(-c3ccccc3F)n2C2CC2)nc2ccccc21. The summed E-state index contributed by atoms with van der Waals surface area (Å²) in [6.07, 6.45) is 2.17. The second-order valence-corrected chi connectivity index (χ2v) is 7.69. The van der Waals surface area contributed by atoms with Crippen molar-refractivity contribution >= 4 is 22.8 Å². The number of aryl methyl sites for hydroxylation is 1. The molecule has 1 fully saturated rings. The average molecular weight is 379 g/mol. The van der Waals surface area contributed by atoms with E-state index in [0.29, 0.717) is 23.2 Å². The number of hydrogen-bond donors (Lipinski definition) is 0. The number of fused-ring (bicyclic) bond motifs is 1. The van der Waals surface area contributed by atoms with Gasteiger partial charge in [-0.2, -0.15) is 0 Å². The van der Waals surface area contributed by atoms with E-state index in [4.69, 9.17) is 4.98 Å². The second-order valence-electron chi connectivity index (χ2n) is 6.75. The number of nitrogens with zero attached hydrogens (tertiary/aromatic N) is 5. The minimum Gasteiger partial charge on any atom is -0.330 e. The molecule has 1 aliphatic rings. The fourth-order valence-corrected chi connectivity index (χ4v) is 4.31. The van der Waals surface area contributed by atoms with E-state index in [1.807, 2.05) is 31.3 Å². The number of benzene rings is 2. The highest BCUT2D eigenvalue weighted by Gasteiger charge is 2.31. The van der Waals surface area contributed by atoms with Crippen LogP contribution < -0.4 is 0 Å². The fraction of sp³-hybridized carbons (Fsp3) is 0.250. The van der Waals surface area contributed by atoms with Gasteiger partial charge in [-0.15, -0.1) is 10.2 Å². The van der Waals surface area contributed by atoms with Gasteiger partial charge in [0.05, 0.1) is 22.3 Å². The monoisotopic (exact) mass is 379 g/mol. The molecule has 1 saturated carbocycles. The summed E-state index contributed by atoms with van der Waals surface area (Å²) in [6, 6.07) is 15.2. The molecule has 2 heterocycles. The first-order valence-corrected chi connectivity index (χ1v) is 9.94. The molecule has 0 unspecified atom stereocenters. The molecule has 27 heavy (non-hydrogen) atoms. The smallest absolute Gasteiger partial charge is 0.192 e. The van der Waals surface area contributed by atoms with Gasteiger partial charge in [0.1, 0.15) is 11.6 Å². The Labute approximate surface area is 160 Å². The predicted octanol–water partition coefficient (Wildman–Crippen LogP) is 4.60. The molecule has 0 aliphatic heterocycles. The van der Waals surface area contributed by atoms with E-state index in [1.165, 1.54) is 6.07 Å². The molecule has 5 rings (SSSR count). The molecular formula is C20H18FN5S. The Morgan fingerprint density at radius 1 is 1.07 bits per heavy atom. The highest BCUT2D eigenvalue weighted by Crippen LogP contribution is 2.41. The summed E-state index contributed by atoms with van der Waals surface area (Å²) >= 11 is 1.60. The van der Waals surface area contributed by atoms with Gasteiger partial charge in [-0.25, -0.2) is 9.37 Å². The van der Waals surface area contributed by atoms with Gasteiger partial charge in [-0.3, -0.25) is 4.57 Å². The number of imidazole rings is 1. The van der Waals surface area contributed by atoms with Crippen LogP contribution in [0.1, 0.15) is 24.7 Å². The van der Waals surface area contributed by atoms with E-state index in [1.54, 1.807) is 23.9 Å². The second kappa shape index (κ2) is 6.49. The van der Waals surface area contributed by atoms with E-state index < -0.39 is 0 Å². The first-order valence-electron chi connectivity index (χ1n) is 8.95. The molecule has 0 radical (unpaired) electrons. The topological polar surface area (TPSA) is 48.5 Å². The van der Waals surface area contributed by atoms with E-state index >= 15 is 0 Å². The number of rotatable bonds is 5. The van der Waals surface area contributed by atoms with E-state index in [0.717, 1.165) is 34.9 Å². The summed E-state index contributed by atoms with van der Waals surface area (Å²) in [5.41, 5.74) is 2.61. The van der Waals surface area contributed by atoms with Crippen LogP contribution in [0.25, 0.3) is 22.4 Å². The number of thioether (sulfide) groups is 1. The zero-order valence-corrected chi connectivity index (χ0v) is 15.7. The molecular weight excluding hydrogens is 361 g/mol. The third kappa shape index (κ3) is 2.92. The molecule has 0 amide bonds. The zero-order valence-electron chi connectivity index (χ0n) is 14.8. The largest absolute Gasteiger partial charge is 0.330 e. The van der Waals surface area contributed by atoms with Crippen LogP contribution in [0.3, 0.4) is 0 Å². The lowest BCUT2D eigenvalue weighted by Gasteiger charge is -2.09. The summed E-state index contributed by atoms with van der Waals surface area (Å²) in [6.45, 7) is 0. The third-order valence-corrected chi connectivity index (χ3v) is 5.84. The summed E-state index contributed by atoms with van der Waals surface area (Å²) in [7, 11) is 2.03. The highest BCUT2D eigenvalue weighted by atomic mass is 32.2. The summed E-state index contributed by atoms with van der Waals surface area (Å²) in [5, 5.41) is 9.50. The Balaban J connectivity index is 1.47. The number of halogens is 1. The zero-order chi connectivity index (χ0) is 18.4. The molecule has 0 atom stereocenters. The minimum atomic E-state index is -0.265. The van der Waals surface area contributed by atoms with Gasteiger partial charge in [0.2, 0.25) is 0 Å². The molecule has 4 aromatic rings. The van der Waals surface area contributed by atoms with Gasteiger partial charge < -0.3 is 4.57 Å². The van der Waals surface area contributed by atoms with Crippen molar-refractivity contribution in [2.75, 3.05) is 0 Å². The van der Waals surface area contributed by atoms with Gasteiger partial charge >= 0.3 is 0 Å². The van der Waals surface area contributed by atoms with Crippen LogP contribution in [0.2, 0.25) is 0 Å². The van der Waals surface area contributed by atoms with Crippen LogP contribution in [0, 0.1) is 5.82 Å². The quantitative estimate of drug-likeness (QED) is 0.476. The van der Waals surface area contributed by atoms with E-state index in [-0.39, 0.29) is 5.82 Å². The van der Waals surface area contributed by atoms with Gasteiger partial charge in [0, 0.05) is 13.1 Å². The van der Waals surface area contributed by atoms with Gasteiger partial charge in [-0.05, 0) is 37.1 Å². The van der Waals surface area contributed by atoms with Crippen LogP contribution >= 0.6 is 11.8 Å². The number of hydrogen-bond acceptors (Lipinski definition) is 4. The van der Waals surface area contributed by atoms with Crippen molar-refractivity contribution in [3.8, 4) is 11.4 Å². The van der Waals surface area contributed by atoms with Crippen molar-refractivity contribution in [2.45, 2.75) is 29.8 Å². The maximum atomic E-state index is 14.3. The molecule has 5 nitrogen and oxygen atoms in total. The van der Waals surface area contributed by atoms with Gasteiger partial charge in [0.25, 0.3) is 0 Å². The minimum absolute atomic E-state index is 0.265. The number of para-hydroxylation sites is 2. The lowest BCUT2D eigenvalue weighted by molar-refractivity contribution is 0.622. The van der Waals surface area contributed by atoms with Crippen molar-refractivity contribution in [3.63, 3.8) is 0 Å². The molecule has 2 aromatic heterocycles. The molecule has 0 saturated heterocycles. The fourth-order valence-electron chi connectivity index (χ4n) is 3.32. The van der Waals surface area contributed by atoms with Gasteiger partial charge in [-0.1, -0.05) is 36.0 Å². The van der Waals surface area contributed by atoms with Crippen LogP contribution in [0.4, 0.5) is 4.39 Å². The first-order chi connectivity index (χ1) is 13.2. The lowest BCUT2D eigenvalue weighted by atomic mass is 10.2. The first kappa shape index (κ1) is 16.5. The molecule has 136 valence electrons. The maximum Gasteiger partial charge on any atom is 0.192 e. The Kier molecular flexibility index (Phi) is 3.97. The maximum absolute atomic E-state index is 14.3. The van der Waals surface area contributed by atoms with Crippen molar-refractivity contribution in [3.05, 3.63) is 60.2 Å². The molecule has 0 N–H and O–H groups in total. The van der Waals surface area contributed by atoms with E-state index in [9.17, 15) is 4.39 Å². The molecule has 1 aliphatic carbocycles. The Morgan fingerprint density at radius 3 is 2.63 bits per heavy atom. The molecule has 7 heteroatoms. The molecule has 0 spiro atoms. The lowest BCUT2D eigenvalue weighted by Crippen LogP contribution is -2.02. The van der Waals surface area contributed by atoms with Crippen molar-refractivity contribution in [2.24, 2.45) is 7.05 Å². The van der Waals surface area contributed by atoms with Crippen molar-refractivity contribution in [1.29, 1.82) is 0 Å². The van der Waals surface area contributed by atoms with Crippen LogP contribution in [-0.2, 0) is 12.8 Å². The Morgan fingerprint density at radius 2 is 1.85 bits per heavy atom. The van der Waals surface area contributed by atoms with Crippen molar-refractivity contribution in [1.82, 2.24) is 24.3 Å². The predicted molar refractivity (Wildman–Crippen MR) is 104 cm³/mol. The Bertz CT molecular complexity index is 1130. The van der Waals surface area contributed by atoms with Gasteiger partial charge in [0.15, 0.2) is 11.0 Å². The van der Waals surface area contributed by atoms with Crippen LogP contribution in [0.5, 0.6) is 0 Å². The summed E-state index contributed by atoms with van der Waals surface area (Å²) in [4.78, 5) is 4.72. The molecule has 0 bridgehead atoms. The highest BCUT2D eigenvalue weighted by molar-refractivity contribution is 7.98. The summed E-state index contributed by atoms with van der Waals surface area (Å²) in [5.74, 6) is 2.02. The third-order valence-electron chi connectivity index (χ3n) is 4.90. The Hall–Kier alpha value is -2.67. The standard InChI is InChI=1S/C20H18FN5S/c1-25-17-9-5-4-8-16(17)22-18(25)12-27-20-24-23-19(26(20)13-10-11-13)14-6-2-3-7-15(14)21/h2-9,13H,10-12H2,1H3.